The number of ketones is 1. The molecular formula is C25H29FN6O4. The number of amides is 3. The van der Waals surface area contributed by atoms with Crippen molar-refractivity contribution in [1.82, 2.24) is 24.9 Å². The van der Waals surface area contributed by atoms with Gasteiger partial charge in [0.25, 0.3) is 11.7 Å². The molecular weight excluding hydrogens is 467 g/mol. The summed E-state index contributed by atoms with van der Waals surface area (Å²) < 4.78 is 13.1. The van der Waals surface area contributed by atoms with Gasteiger partial charge in [0.2, 0.25) is 5.91 Å². The minimum atomic E-state index is -1.54. The third kappa shape index (κ3) is 5.58. The summed E-state index contributed by atoms with van der Waals surface area (Å²) in [5, 5.41) is 2.57. The number of carbonyl (C=O) groups excluding carboxylic acids is 4. The predicted molar refractivity (Wildman–Crippen MR) is 130 cm³/mol. The number of rotatable bonds is 7. The maximum Gasteiger partial charge on any atom is 0.302 e. The average Bonchev–Trinajstić information content (AvgIpc) is 2.87. The van der Waals surface area contributed by atoms with Crippen LogP contribution in [0.4, 0.5) is 4.39 Å². The molecule has 36 heavy (non-hydrogen) atoms. The number of amidine groups is 1. The van der Waals surface area contributed by atoms with E-state index in [-0.39, 0.29) is 24.8 Å². The highest BCUT2D eigenvalue weighted by Crippen LogP contribution is 2.20. The quantitative estimate of drug-likeness (QED) is 0.425. The lowest BCUT2D eigenvalue weighted by atomic mass is 10.1. The summed E-state index contributed by atoms with van der Waals surface area (Å²) in [4.78, 5) is 62.2. The smallest absolute Gasteiger partial charge is 0.302 e. The van der Waals surface area contributed by atoms with E-state index in [1.807, 2.05) is 14.0 Å². The fourth-order valence-corrected chi connectivity index (χ4v) is 4.19. The Kier molecular flexibility index (Phi) is 7.70. The van der Waals surface area contributed by atoms with Crippen molar-refractivity contribution in [2.45, 2.75) is 19.5 Å². The van der Waals surface area contributed by atoms with Gasteiger partial charge in [-0.2, -0.15) is 0 Å². The van der Waals surface area contributed by atoms with Crippen molar-refractivity contribution in [2.24, 2.45) is 4.99 Å². The van der Waals surface area contributed by atoms with Crippen LogP contribution >= 0.6 is 0 Å². The SMILES string of the molecule is CCN(C(=O)CN1CCN(C)CC1)C1=CC2=NC(C(=O)NCc3ccc(F)cc3)C(=O)C(=O)N2C=C1. The van der Waals surface area contributed by atoms with Gasteiger partial charge in [-0.15, -0.1) is 0 Å². The van der Waals surface area contributed by atoms with E-state index in [2.05, 4.69) is 20.1 Å². The van der Waals surface area contributed by atoms with Crippen LogP contribution in [0, 0.1) is 5.82 Å². The number of nitrogens with zero attached hydrogens (tertiary/aromatic N) is 5. The molecule has 0 saturated carbocycles. The highest BCUT2D eigenvalue weighted by atomic mass is 19.1. The first-order valence-corrected chi connectivity index (χ1v) is 11.9. The first-order valence-electron chi connectivity index (χ1n) is 11.9. The highest BCUT2D eigenvalue weighted by molar-refractivity contribution is 6.47. The minimum Gasteiger partial charge on any atom is -0.350 e. The topological polar surface area (TPSA) is 106 Å². The van der Waals surface area contributed by atoms with Crippen LogP contribution in [0.3, 0.4) is 0 Å². The summed E-state index contributed by atoms with van der Waals surface area (Å²) in [5.41, 5.74) is 1.16. The molecule has 3 aliphatic rings. The largest absolute Gasteiger partial charge is 0.350 e. The third-order valence-electron chi connectivity index (χ3n) is 6.37. The Balaban J connectivity index is 1.47. The zero-order valence-corrected chi connectivity index (χ0v) is 20.3. The van der Waals surface area contributed by atoms with E-state index in [0.29, 0.717) is 17.8 Å². The van der Waals surface area contributed by atoms with E-state index >= 15 is 0 Å². The summed E-state index contributed by atoms with van der Waals surface area (Å²) in [6.07, 6.45) is 4.52. The molecule has 1 unspecified atom stereocenters. The Morgan fingerprint density at radius 3 is 2.50 bits per heavy atom. The van der Waals surface area contributed by atoms with Crippen molar-refractivity contribution < 1.29 is 23.6 Å². The van der Waals surface area contributed by atoms with Crippen LogP contribution in [0.1, 0.15) is 12.5 Å². The maximum absolute atomic E-state index is 13.1. The standard InChI is InChI=1S/C25H29FN6O4/c1-3-31(21(33)16-30-12-10-29(2)11-13-30)19-8-9-32-20(14-19)28-22(23(34)25(32)36)24(35)27-15-17-4-6-18(26)7-5-17/h4-9,14,22H,3,10-13,15-16H2,1-2H3,(H,27,35). The Bertz CT molecular complexity index is 1140. The van der Waals surface area contributed by atoms with Crippen LogP contribution < -0.4 is 5.32 Å². The first-order chi connectivity index (χ1) is 17.3. The van der Waals surface area contributed by atoms with Gasteiger partial charge in [0.15, 0.2) is 6.04 Å². The number of aliphatic imine (C=N–C) groups is 1. The van der Waals surface area contributed by atoms with Crippen LogP contribution in [-0.4, -0.2) is 101 Å². The van der Waals surface area contributed by atoms with Crippen molar-refractivity contribution in [3.63, 3.8) is 0 Å². The van der Waals surface area contributed by atoms with Gasteiger partial charge in [-0.1, -0.05) is 12.1 Å². The molecule has 190 valence electrons. The van der Waals surface area contributed by atoms with E-state index in [4.69, 9.17) is 0 Å². The van der Waals surface area contributed by atoms with Gasteiger partial charge in [0, 0.05) is 57.2 Å². The zero-order chi connectivity index (χ0) is 25.8. The molecule has 1 N–H and O–H groups in total. The zero-order valence-electron chi connectivity index (χ0n) is 20.3. The predicted octanol–water partition coefficient (Wildman–Crippen LogP) is 0.127. The highest BCUT2D eigenvalue weighted by Gasteiger charge is 2.40. The molecule has 0 radical (unpaired) electrons. The lowest BCUT2D eigenvalue weighted by molar-refractivity contribution is -0.144. The van der Waals surface area contributed by atoms with Crippen molar-refractivity contribution in [2.75, 3.05) is 46.3 Å². The Morgan fingerprint density at radius 1 is 1.14 bits per heavy atom. The minimum absolute atomic E-state index is 0.0526. The molecule has 1 saturated heterocycles. The van der Waals surface area contributed by atoms with Crippen molar-refractivity contribution in [3.05, 3.63) is 59.7 Å². The lowest BCUT2D eigenvalue weighted by Gasteiger charge is -2.34. The number of hydrogen-bond acceptors (Lipinski definition) is 7. The van der Waals surface area contributed by atoms with Crippen molar-refractivity contribution in [3.8, 4) is 0 Å². The average molecular weight is 497 g/mol. The van der Waals surface area contributed by atoms with Gasteiger partial charge in [0.05, 0.1) is 6.54 Å². The van der Waals surface area contributed by atoms with Crippen LogP contribution in [0.25, 0.3) is 0 Å². The molecule has 10 nitrogen and oxygen atoms in total. The van der Waals surface area contributed by atoms with E-state index in [1.54, 1.807) is 11.0 Å². The number of carbonyl (C=O) groups is 4. The van der Waals surface area contributed by atoms with Crippen molar-refractivity contribution in [1.29, 1.82) is 0 Å². The molecule has 1 atom stereocenters. The molecule has 1 aromatic carbocycles. The second kappa shape index (κ2) is 10.9. The van der Waals surface area contributed by atoms with Gasteiger partial charge in [-0.3, -0.25) is 29.0 Å². The number of benzene rings is 1. The number of nitrogens with one attached hydrogen (secondary N) is 1. The lowest BCUT2D eigenvalue weighted by Crippen LogP contribution is -2.52. The second-order valence-electron chi connectivity index (χ2n) is 8.88. The van der Waals surface area contributed by atoms with Crippen molar-refractivity contribution >= 4 is 29.3 Å². The number of fused-ring (bicyclic) bond motifs is 1. The van der Waals surface area contributed by atoms with Gasteiger partial charge in [0.1, 0.15) is 11.7 Å². The van der Waals surface area contributed by atoms with Gasteiger partial charge >= 0.3 is 5.91 Å². The van der Waals surface area contributed by atoms with Crippen LogP contribution in [0.5, 0.6) is 0 Å². The molecule has 11 heteroatoms. The van der Waals surface area contributed by atoms with Crippen LogP contribution in [0.15, 0.2) is 53.3 Å². The number of likely N-dealkylation sites (N-methyl/N-ethyl adjacent to an activating group) is 2. The molecule has 3 heterocycles. The number of allylic oxidation sites excluding steroid dienone is 1. The summed E-state index contributed by atoms with van der Waals surface area (Å²) in [6, 6.07) is 4.01. The molecule has 1 fully saturated rings. The van der Waals surface area contributed by atoms with E-state index in [1.165, 1.54) is 36.5 Å². The Hall–Kier alpha value is -3.70. The third-order valence-corrected chi connectivity index (χ3v) is 6.37. The summed E-state index contributed by atoms with van der Waals surface area (Å²) in [6.45, 7) is 5.99. The number of hydrogen-bond donors (Lipinski definition) is 1. The summed E-state index contributed by atoms with van der Waals surface area (Å²) >= 11 is 0. The fraction of sp³-hybridized carbons (Fsp3) is 0.400. The molecule has 0 aliphatic carbocycles. The van der Waals surface area contributed by atoms with E-state index < -0.39 is 29.5 Å². The fourth-order valence-electron chi connectivity index (χ4n) is 4.19. The normalized spacial score (nSPS) is 20.5. The number of halogens is 1. The molecule has 3 aliphatic heterocycles. The van der Waals surface area contributed by atoms with Gasteiger partial charge < -0.3 is 15.1 Å². The maximum atomic E-state index is 13.1. The van der Waals surface area contributed by atoms with Gasteiger partial charge in [-0.05, 0) is 37.7 Å². The molecule has 0 bridgehead atoms. The van der Waals surface area contributed by atoms with Crippen LogP contribution in [0.2, 0.25) is 0 Å². The summed E-state index contributed by atoms with van der Waals surface area (Å²) in [5.74, 6) is -2.92. The van der Waals surface area contributed by atoms with E-state index in [9.17, 15) is 23.6 Å². The number of piperazine rings is 1. The summed E-state index contributed by atoms with van der Waals surface area (Å²) in [7, 11) is 2.05. The monoisotopic (exact) mass is 496 g/mol. The molecule has 0 spiro atoms. The number of Topliss-reactive ketones (excluding diaryl/α,β-unsaturated/α-hetero) is 1. The molecule has 4 rings (SSSR count). The van der Waals surface area contributed by atoms with E-state index in [0.717, 1.165) is 31.1 Å². The van der Waals surface area contributed by atoms with Gasteiger partial charge in [-0.25, -0.2) is 9.38 Å². The van der Waals surface area contributed by atoms with Crippen LogP contribution in [-0.2, 0) is 25.7 Å². The molecule has 0 aromatic heterocycles. The molecule has 1 aromatic rings. The second-order valence-corrected chi connectivity index (χ2v) is 8.88. The Morgan fingerprint density at radius 2 is 1.83 bits per heavy atom. The Labute approximate surface area is 208 Å². The molecule has 3 amide bonds. The first kappa shape index (κ1) is 25.4.